The molecule has 0 aliphatic carbocycles. The number of benzene rings is 1. The van der Waals surface area contributed by atoms with Gasteiger partial charge in [-0.1, -0.05) is 26.1 Å². The molecule has 5 heteroatoms. The van der Waals surface area contributed by atoms with E-state index in [4.69, 9.17) is 21.7 Å². The summed E-state index contributed by atoms with van der Waals surface area (Å²) < 4.78 is 11.2. The first-order valence-corrected chi connectivity index (χ1v) is 6.79. The number of methoxy groups -OCH3 is 2. The molecule has 1 aromatic heterocycles. The predicted molar refractivity (Wildman–Crippen MR) is 82.1 cm³/mol. The number of H-pyrrole nitrogens is 1. The van der Waals surface area contributed by atoms with Gasteiger partial charge in [0.1, 0.15) is 22.0 Å². The lowest BCUT2D eigenvalue weighted by Gasteiger charge is -2.13. The highest BCUT2D eigenvalue weighted by atomic mass is 32.1. The summed E-state index contributed by atoms with van der Waals surface area (Å²) in [6, 6.07) is 7.49. The number of aromatic amines is 1. The van der Waals surface area contributed by atoms with Gasteiger partial charge in [-0.3, -0.25) is 0 Å². The molecule has 0 unspecified atom stereocenters. The first-order valence-electron chi connectivity index (χ1n) is 6.38. The van der Waals surface area contributed by atoms with Crippen LogP contribution in [0.15, 0.2) is 24.3 Å². The lowest BCUT2D eigenvalue weighted by Crippen LogP contribution is -2.00. The standard InChI is InChI=1S/C15H18N2O2S/c1-9(2)15-16-12(8-14(20)17-15)11-7-10(18-3)5-6-13(11)19-4/h5-9H,1-4H3,(H,16,17,20). The summed E-state index contributed by atoms with van der Waals surface area (Å²) in [7, 11) is 3.28. The zero-order valence-corrected chi connectivity index (χ0v) is 12.9. The van der Waals surface area contributed by atoms with Crippen LogP contribution in [0.1, 0.15) is 25.6 Å². The van der Waals surface area contributed by atoms with E-state index in [1.165, 1.54) is 0 Å². The Morgan fingerprint density at radius 1 is 1.15 bits per heavy atom. The summed E-state index contributed by atoms with van der Waals surface area (Å²) in [5.41, 5.74) is 1.78. The summed E-state index contributed by atoms with van der Waals surface area (Å²) in [4.78, 5) is 7.66. The molecular weight excluding hydrogens is 272 g/mol. The summed E-state index contributed by atoms with van der Waals surface area (Å²) >= 11 is 5.24. The Morgan fingerprint density at radius 2 is 1.90 bits per heavy atom. The maximum atomic E-state index is 5.41. The van der Waals surface area contributed by atoms with Crippen molar-refractivity contribution in [3.05, 3.63) is 34.7 Å². The number of nitrogens with one attached hydrogen (secondary N) is 1. The second kappa shape index (κ2) is 6.05. The van der Waals surface area contributed by atoms with E-state index in [0.717, 1.165) is 28.6 Å². The molecular formula is C15H18N2O2S. The average Bonchev–Trinajstić information content (AvgIpc) is 2.45. The molecule has 0 atom stereocenters. The Bertz CT molecular complexity index is 665. The molecule has 0 amide bonds. The lowest BCUT2D eigenvalue weighted by atomic mass is 10.1. The van der Waals surface area contributed by atoms with Crippen molar-refractivity contribution in [1.29, 1.82) is 0 Å². The molecule has 1 heterocycles. The SMILES string of the molecule is COc1ccc(OC)c(-c2cc(=S)nc(C(C)C)[nH]2)c1. The highest BCUT2D eigenvalue weighted by Gasteiger charge is 2.11. The van der Waals surface area contributed by atoms with Crippen molar-refractivity contribution in [3.8, 4) is 22.8 Å². The van der Waals surface area contributed by atoms with Crippen molar-refractivity contribution in [2.24, 2.45) is 0 Å². The first-order chi connectivity index (χ1) is 9.55. The highest BCUT2D eigenvalue weighted by molar-refractivity contribution is 7.71. The van der Waals surface area contributed by atoms with Crippen molar-refractivity contribution >= 4 is 12.2 Å². The molecule has 0 aliphatic heterocycles. The maximum absolute atomic E-state index is 5.41. The first kappa shape index (κ1) is 14.5. The predicted octanol–water partition coefficient (Wildman–Crippen LogP) is 3.95. The van der Waals surface area contributed by atoms with Crippen molar-refractivity contribution in [2.75, 3.05) is 14.2 Å². The minimum absolute atomic E-state index is 0.272. The van der Waals surface area contributed by atoms with Gasteiger partial charge >= 0.3 is 0 Å². The minimum atomic E-state index is 0.272. The van der Waals surface area contributed by atoms with Crippen LogP contribution in [-0.4, -0.2) is 24.2 Å². The molecule has 0 aliphatic rings. The molecule has 0 radical (unpaired) electrons. The van der Waals surface area contributed by atoms with Gasteiger partial charge < -0.3 is 14.5 Å². The number of rotatable bonds is 4. The maximum Gasteiger partial charge on any atom is 0.130 e. The van der Waals surface area contributed by atoms with E-state index < -0.39 is 0 Å². The third-order valence-electron chi connectivity index (χ3n) is 3.00. The second-order valence-corrected chi connectivity index (χ2v) is 5.16. The van der Waals surface area contributed by atoms with Crippen LogP contribution in [0.5, 0.6) is 11.5 Å². The smallest absolute Gasteiger partial charge is 0.130 e. The topological polar surface area (TPSA) is 47.1 Å². The second-order valence-electron chi connectivity index (χ2n) is 4.74. The van der Waals surface area contributed by atoms with Gasteiger partial charge in [0.25, 0.3) is 0 Å². The van der Waals surface area contributed by atoms with Crippen LogP contribution in [0.4, 0.5) is 0 Å². The van der Waals surface area contributed by atoms with Crippen molar-refractivity contribution in [2.45, 2.75) is 19.8 Å². The fourth-order valence-corrected chi connectivity index (χ4v) is 2.14. The molecule has 2 rings (SSSR count). The molecule has 0 saturated heterocycles. The Labute approximate surface area is 123 Å². The van der Waals surface area contributed by atoms with E-state index in [9.17, 15) is 0 Å². The Morgan fingerprint density at radius 3 is 2.50 bits per heavy atom. The number of hydrogen-bond donors (Lipinski definition) is 1. The molecule has 1 N–H and O–H groups in total. The zero-order chi connectivity index (χ0) is 14.7. The molecule has 0 spiro atoms. The van der Waals surface area contributed by atoms with Crippen LogP contribution in [0.25, 0.3) is 11.3 Å². The van der Waals surface area contributed by atoms with Gasteiger partial charge in [-0.05, 0) is 24.3 Å². The lowest BCUT2D eigenvalue weighted by molar-refractivity contribution is 0.404. The Kier molecular flexibility index (Phi) is 4.39. The largest absolute Gasteiger partial charge is 0.497 e. The van der Waals surface area contributed by atoms with E-state index in [1.807, 2.05) is 24.3 Å². The highest BCUT2D eigenvalue weighted by Crippen LogP contribution is 2.32. The minimum Gasteiger partial charge on any atom is -0.497 e. The van der Waals surface area contributed by atoms with Crippen LogP contribution in [0, 0.1) is 4.64 Å². The van der Waals surface area contributed by atoms with Crippen LogP contribution >= 0.6 is 12.2 Å². The fraction of sp³-hybridized carbons (Fsp3) is 0.333. The molecule has 20 heavy (non-hydrogen) atoms. The van der Waals surface area contributed by atoms with E-state index in [1.54, 1.807) is 14.2 Å². The monoisotopic (exact) mass is 290 g/mol. The van der Waals surface area contributed by atoms with Crippen molar-refractivity contribution < 1.29 is 9.47 Å². The summed E-state index contributed by atoms with van der Waals surface area (Å²) in [6.45, 7) is 4.14. The van der Waals surface area contributed by atoms with Crippen LogP contribution < -0.4 is 9.47 Å². The van der Waals surface area contributed by atoms with Gasteiger partial charge in [-0.2, -0.15) is 0 Å². The number of ether oxygens (including phenoxy) is 2. The third kappa shape index (κ3) is 2.99. The van der Waals surface area contributed by atoms with E-state index >= 15 is 0 Å². The Balaban J connectivity index is 2.63. The zero-order valence-electron chi connectivity index (χ0n) is 12.1. The average molecular weight is 290 g/mol. The van der Waals surface area contributed by atoms with Crippen molar-refractivity contribution in [3.63, 3.8) is 0 Å². The van der Waals surface area contributed by atoms with Gasteiger partial charge in [0.05, 0.1) is 19.9 Å². The summed E-state index contributed by atoms with van der Waals surface area (Å²) in [6.07, 6.45) is 0. The quantitative estimate of drug-likeness (QED) is 0.866. The summed E-state index contributed by atoms with van der Waals surface area (Å²) in [5, 5.41) is 0. The van der Waals surface area contributed by atoms with Gasteiger partial charge in [-0.25, -0.2) is 4.98 Å². The van der Waals surface area contributed by atoms with Gasteiger partial charge in [0, 0.05) is 11.5 Å². The third-order valence-corrected chi connectivity index (χ3v) is 3.21. The number of aromatic nitrogens is 2. The molecule has 1 aromatic carbocycles. The molecule has 0 bridgehead atoms. The van der Waals surface area contributed by atoms with E-state index in [0.29, 0.717) is 4.64 Å². The van der Waals surface area contributed by atoms with E-state index in [2.05, 4.69) is 23.8 Å². The van der Waals surface area contributed by atoms with Crippen LogP contribution in [0.3, 0.4) is 0 Å². The Hall–Kier alpha value is -1.88. The molecule has 0 saturated carbocycles. The van der Waals surface area contributed by atoms with Crippen LogP contribution in [0.2, 0.25) is 0 Å². The normalized spacial score (nSPS) is 10.7. The van der Waals surface area contributed by atoms with Gasteiger partial charge in [-0.15, -0.1) is 0 Å². The number of hydrogen-bond acceptors (Lipinski definition) is 4. The fourth-order valence-electron chi connectivity index (χ4n) is 1.92. The van der Waals surface area contributed by atoms with Crippen molar-refractivity contribution in [1.82, 2.24) is 9.97 Å². The molecule has 4 nitrogen and oxygen atoms in total. The van der Waals surface area contributed by atoms with E-state index in [-0.39, 0.29) is 5.92 Å². The molecule has 0 fully saturated rings. The molecule has 106 valence electrons. The van der Waals surface area contributed by atoms with Crippen LogP contribution in [-0.2, 0) is 0 Å². The molecule has 2 aromatic rings. The van der Waals surface area contributed by atoms with Gasteiger partial charge in [0.2, 0.25) is 0 Å². The van der Waals surface area contributed by atoms with Gasteiger partial charge in [0.15, 0.2) is 0 Å². The number of nitrogens with zero attached hydrogens (tertiary/aromatic N) is 1. The summed E-state index contributed by atoms with van der Waals surface area (Å²) in [5.74, 6) is 2.66.